The van der Waals surface area contributed by atoms with Gasteiger partial charge in [0.15, 0.2) is 0 Å². The molecule has 0 aromatic rings. The molecule has 0 aliphatic heterocycles. The Morgan fingerprint density at radius 2 is 1.27 bits per heavy atom. The summed E-state index contributed by atoms with van der Waals surface area (Å²) < 4.78 is 0. The first-order chi connectivity index (χ1) is 18.8. The Morgan fingerprint density at radius 1 is 0.750 bits per heavy atom. The molecular weight excluding hydrogens is 480 g/mol. The molecule has 0 spiro atoms. The van der Waals surface area contributed by atoms with Crippen LogP contribution >= 0.6 is 0 Å². The molecule has 0 amide bonds. The van der Waals surface area contributed by atoms with Crippen molar-refractivity contribution in [3.63, 3.8) is 0 Å². The second-order valence-corrected chi connectivity index (χ2v) is 13.9. The number of allylic oxidation sites excluding steroid dienone is 18. The molecule has 0 heteroatoms. The van der Waals surface area contributed by atoms with Gasteiger partial charge in [-0.15, -0.1) is 0 Å². The van der Waals surface area contributed by atoms with E-state index in [4.69, 9.17) is 0 Å². The molecule has 0 aromatic carbocycles. The first-order valence-electron chi connectivity index (χ1n) is 15.9. The minimum absolute atomic E-state index is 0.301. The van der Waals surface area contributed by atoms with Gasteiger partial charge in [0.25, 0.3) is 0 Å². The predicted octanol–water partition coefficient (Wildman–Crippen LogP) is 12.9. The summed E-state index contributed by atoms with van der Waals surface area (Å²) >= 11 is 0. The molecule has 0 heterocycles. The van der Waals surface area contributed by atoms with Crippen LogP contribution in [-0.4, -0.2) is 0 Å². The zero-order chi connectivity index (χ0) is 29.8. The summed E-state index contributed by atoms with van der Waals surface area (Å²) in [6, 6.07) is 0. The third-order valence-electron chi connectivity index (χ3n) is 8.96. The van der Waals surface area contributed by atoms with Crippen LogP contribution in [0, 0.1) is 16.7 Å². The van der Waals surface area contributed by atoms with Crippen molar-refractivity contribution in [2.45, 2.75) is 127 Å². The first-order valence-corrected chi connectivity index (χ1v) is 15.9. The summed E-state index contributed by atoms with van der Waals surface area (Å²) in [6.45, 7) is 23.1. The molecule has 2 rings (SSSR count). The number of rotatable bonds is 12. The standard InChI is InChI=1S/C40H60/c1-31(19-13-21-33(3)25-27-37-35(5)23-15-29-39(37,7)8)17-11-12-18-32(2)20-14-22-34(4)26-28-38-36(6)24-16-30-40(38,9)10/h11,14,17-18,20-22,25-28,31H,12-13,15-16,19,23-24,29-30H2,1-10H3/b17-11+,20-14+,27-25+,28-26+,32-18+,33-21+,34-22+. The van der Waals surface area contributed by atoms with Crippen molar-refractivity contribution in [1.29, 1.82) is 0 Å². The van der Waals surface area contributed by atoms with Crippen molar-refractivity contribution in [1.82, 2.24) is 0 Å². The van der Waals surface area contributed by atoms with E-state index in [0.717, 1.165) is 12.8 Å². The highest BCUT2D eigenvalue weighted by atomic mass is 14.3. The number of hydrogen-bond acceptors (Lipinski definition) is 0. The third-order valence-corrected chi connectivity index (χ3v) is 8.96. The van der Waals surface area contributed by atoms with Crippen LogP contribution < -0.4 is 0 Å². The monoisotopic (exact) mass is 540 g/mol. The van der Waals surface area contributed by atoms with Crippen molar-refractivity contribution in [3.05, 3.63) is 106 Å². The molecule has 220 valence electrons. The molecule has 0 saturated heterocycles. The third kappa shape index (κ3) is 11.6. The van der Waals surface area contributed by atoms with Gasteiger partial charge < -0.3 is 0 Å². The Bertz CT molecular complexity index is 1110. The molecule has 2 aliphatic carbocycles. The Hall–Kier alpha value is -2.34. The molecule has 0 saturated carbocycles. The van der Waals surface area contributed by atoms with Gasteiger partial charge in [-0.25, -0.2) is 0 Å². The molecule has 1 atom stereocenters. The lowest BCUT2D eigenvalue weighted by Gasteiger charge is -2.33. The largest absolute Gasteiger partial charge is 0.0854 e. The van der Waals surface area contributed by atoms with E-state index >= 15 is 0 Å². The lowest BCUT2D eigenvalue weighted by atomic mass is 9.72. The van der Waals surface area contributed by atoms with Crippen molar-refractivity contribution in [2.75, 3.05) is 0 Å². The summed E-state index contributed by atoms with van der Waals surface area (Å²) in [5, 5.41) is 0. The van der Waals surface area contributed by atoms with Crippen molar-refractivity contribution >= 4 is 0 Å². The van der Waals surface area contributed by atoms with Gasteiger partial charge in [-0.3, -0.25) is 0 Å². The second kappa shape index (κ2) is 16.2. The van der Waals surface area contributed by atoms with Crippen molar-refractivity contribution in [3.8, 4) is 0 Å². The van der Waals surface area contributed by atoms with E-state index in [1.807, 2.05) is 0 Å². The molecule has 0 bridgehead atoms. The zero-order valence-electron chi connectivity index (χ0n) is 27.8. The van der Waals surface area contributed by atoms with Crippen LogP contribution in [0.3, 0.4) is 0 Å². The van der Waals surface area contributed by atoms with Crippen LogP contribution in [0.25, 0.3) is 0 Å². The highest BCUT2D eigenvalue weighted by Gasteiger charge is 2.27. The maximum absolute atomic E-state index is 2.40. The number of hydrogen-bond donors (Lipinski definition) is 0. The minimum Gasteiger partial charge on any atom is -0.0854 e. The summed E-state index contributed by atoms with van der Waals surface area (Å²) in [4.78, 5) is 0. The Labute approximate surface area is 249 Å². The van der Waals surface area contributed by atoms with Gasteiger partial charge in [-0.2, -0.15) is 0 Å². The average molecular weight is 541 g/mol. The highest BCUT2D eigenvalue weighted by Crippen LogP contribution is 2.41. The van der Waals surface area contributed by atoms with Gasteiger partial charge in [-0.1, -0.05) is 129 Å². The minimum atomic E-state index is 0.301. The smallest absolute Gasteiger partial charge is 0.0104 e. The van der Waals surface area contributed by atoms with Gasteiger partial charge >= 0.3 is 0 Å². The van der Waals surface area contributed by atoms with Gasteiger partial charge in [0.1, 0.15) is 0 Å². The molecular formula is C40H60. The molecule has 0 aromatic heterocycles. The fourth-order valence-corrected chi connectivity index (χ4v) is 6.23. The summed E-state index contributed by atoms with van der Waals surface area (Å²) in [5.41, 5.74) is 10.8. The topological polar surface area (TPSA) is 0 Å². The molecule has 0 nitrogen and oxygen atoms in total. The van der Waals surface area contributed by atoms with Gasteiger partial charge in [0.05, 0.1) is 0 Å². The molecule has 0 fully saturated rings. The Balaban J connectivity index is 1.77. The average Bonchev–Trinajstić information content (AvgIpc) is 2.85. The van der Waals surface area contributed by atoms with Crippen LogP contribution in [-0.2, 0) is 0 Å². The Kier molecular flexibility index (Phi) is 13.7. The molecule has 2 aliphatic rings. The second-order valence-electron chi connectivity index (χ2n) is 13.9. The maximum Gasteiger partial charge on any atom is -0.0104 e. The van der Waals surface area contributed by atoms with Crippen LogP contribution in [0.1, 0.15) is 127 Å². The SMILES string of the molecule is CC1=C(/C=C/C(C)=C/C=C/C(C)=C/C/C=C/C(C)CC/C=C(C)/C=C/C2=C(C)CCCC2(C)C)C(C)(C)CCC1. The van der Waals surface area contributed by atoms with E-state index in [2.05, 4.69) is 136 Å². The normalized spacial score (nSPS) is 22.1. The van der Waals surface area contributed by atoms with Gasteiger partial charge in [0, 0.05) is 0 Å². The fraction of sp³-hybridized carbons (Fsp3) is 0.550. The first kappa shape index (κ1) is 33.9. The van der Waals surface area contributed by atoms with E-state index in [1.165, 1.54) is 67.2 Å². The molecule has 40 heavy (non-hydrogen) atoms. The maximum atomic E-state index is 2.40. The van der Waals surface area contributed by atoms with E-state index in [1.54, 1.807) is 16.7 Å². The summed E-state index contributed by atoms with van der Waals surface area (Å²) in [6.07, 6.45) is 36.4. The van der Waals surface area contributed by atoms with E-state index < -0.39 is 0 Å². The Morgan fingerprint density at radius 3 is 1.82 bits per heavy atom. The fourth-order valence-electron chi connectivity index (χ4n) is 6.23. The lowest BCUT2D eigenvalue weighted by Crippen LogP contribution is -2.19. The molecule has 0 radical (unpaired) electrons. The van der Waals surface area contributed by atoms with E-state index in [9.17, 15) is 0 Å². The predicted molar refractivity (Wildman–Crippen MR) is 182 cm³/mol. The molecule has 0 N–H and O–H groups in total. The van der Waals surface area contributed by atoms with E-state index in [-0.39, 0.29) is 0 Å². The zero-order valence-corrected chi connectivity index (χ0v) is 27.8. The quantitative estimate of drug-likeness (QED) is 0.170. The van der Waals surface area contributed by atoms with Gasteiger partial charge in [0.2, 0.25) is 0 Å². The van der Waals surface area contributed by atoms with Crippen LogP contribution in [0.4, 0.5) is 0 Å². The van der Waals surface area contributed by atoms with Crippen molar-refractivity contribution in [2.24, 2.45) is 16.7 Å². The lowest BCUT2D eigenvalue weighted by molar-refractivity contribution is 0.376. The van der Waals surface area contributed by atoms with Crippen molar-refractivity contribution < 1.29 is 0 Å². The van der Waals surface area contributed by atoms with E-state index in [0.29, 0.717) is 16.7 Å². The van der Waals surface area contributed by atoms with Gasteiger partial charge in [-0.05, 0) is 120 Å². The van der Waals surface area contributed by atoms with Crippen LogP contribution in [0.2, 0.25) is 0 Å². The van der Waals surface area contributed by atoms with Crippen LogP contribution in [0.5, 0.6) is 0 Å². The van der Waals surface area contributed by atoms with Crippen LogP contribution in [0.15, 0.2) is 106 Å². The summed E-state index contributed by atoms with van der Waals surface area (Å²) in [7, 11) is 0. The molecule has 1 unspecified atom stereocenters. The highest BCUT2D eigenvalue weighted by molar-refractivity contribution is 5.37. The summed E-state index contributed by atoms with van der Waals surface area (Å²) in [5.74, 6) is 0.602.